The molecule has 3 aromatic rings. The van der Waals surface area contributed by atoms with E-state index in [0.29, 0.717) is 6.54 Å². The Balaban J connectivity index is 1.69. The maximum absolute atomic E-state index is 13.8. The van der Waals surface area contributed by atoms with Crippen molar-refractivity contribution in [2.45, 2.75) is 34.7 Å². The van der Waals surface area contributed by atoms with Crippen molar-refractivity contribution in [3.63, 3.8) is 0 Å². The van der Waals surface area contributed by atoms with Crippen LogP contribution in [0.25, 0.3) is 11.3 Å². The third-order valence-corrected chi connectivity index (χ3v) is 7.06. The largest absolute Gasteiger partial charge is 0.394 e. The molecule has 2 aromatic heterocycles. The molecule has 5 atom stereocenters. The number of likely N-dealkylation sites (N-methyl/N-ethyl adjacent to an activating group) is 1. The number of aromatic nitrogens is 4. The van der Waals surface area contributed by atoms with E-state index in [1.54, 1.807) is 19.4 Å². The smallest absolute Gasteiger partial charge is 0.194 e. The highest BCUT2D eigenvalue weighted by atomic mass is 79.9. The number of aliphatic hydroxyl groups is 2. The molecule has 3 N–H and O–H groups in total. The lowest BCUT2D eigenvalue weighted by Gasteiger charge is -2.43. The fourth-order valence-electron chi connectivity index (χ4n) is 3.78. The number of nitrogens with one attached hydrogen (secondary N) is 1. The maximum atomic E-state index is 13.8. The Labute approximate surface area is 217 Å². The highest BCUT2D eigenvalue weighted by Crippen LogP contribution is 2.40. The standard InChI is InChI=1S/C22H23BrF3N5O4S/c1-27-2-3-34-21-19(31-9-16(29-30-31)11-4-14(24)18(26)15(25)5-11)20(33)17(10-32)35-22(21)36-13-6-12(23)7-28-8-13/h4-9,17,19-22,27,32-33H,2-3,10H2,1H3/t17?,19-,20-,21?,22+/m0/s1. The van der Waals surface area contributed by atoms with Crippen molar-refractivity contribution in [1.29, 1.82) is 0 Å². The van der Waals surface area contributed by atoms with Crippen LogP contribution in [0.2, 0.25) is 0 Å². The third-order valence-electron chi connectivity index (χ3n) is 5.51. The van der Waals surface area contributed by atoms with Crippen molar-refractivity contribution >= 4 is 27.7 Å². The summed E-state index contributed by atoms with van der Waals surface area (Å²) in [5.41, 5.74) is -0.671. The molecule has 36 heavy (non-hydrogen) atoms. The Kier molecular flexibility index (Phi) is 8.98. The minimum atomic E-state index is -1.59. The molecule has 0 aliphatic carbocycles. The second kappa shape index (κ2) is 12.0. The Hall–Kier alpha value is -2.07. The number of thioether (sulfide) groups is 1. The molecule has 1 aliphatic rings. The van der Waals surface area contributed by atoms with Gasteiger partial charge in [-0.25, -0.2) is 17.9 Å². The van der Waals surface area contributed by atoms with Crippen LogP contribution in [0.3, 0.4) is 0 Å². The van der Waals surface area contributed by atoms with Crippen LogP contribution in [0, 0.1) is 17.5 Å². The minimum Gasteiger partial charge on any atom is -0.394 e. The number of aliphatic hydroxyl groups excluding tert-OH is 2. The number of nitrogens with zero attached hydrogens (tertiary/aromatic N) is 4. The second-order valence-corrected chi connectivity index (χ2v) is 10.0. The molecule has 3 heterocycles. The number of hydrogen-bond donors (Lipinski definition) is 3. The van der Waals surface area contributed by atoms with E-state index in [-0.39, 0.29) is 17.9 Å². The molecule has 4 rings (SSSR count). The van der Waals surface area contributed by atoms with Crippen molar-refractivity contribution in [3.05, 3.63) is 58.7 Å². The first kappa shape index (κ1) is 27.0. The van der Waals surface area contributed by atoms with E-state index in [2.05, 4.69) is 36.5 Å². The number of halogens is 4. The van der Waals surface area contributed by atoms with E-state index in [4.69, 9.17) is 9.47 Å². The highest BCUT2D eigenvalue weighted by molar-refractivity contribution is 9.10. The Morgan fingerprint density at radius 1 is 1.22 bits per heavy atom. The van der Waals surface area contributed by atoms with Crippen LogP contribution in [0.15, 0.2) is 46.2 Å². The van der Waals surface area contributed by atoms with Crippen molar-refractivity contribution in [1.82, 2.24) is 25.3 Å². The van der Waals surface area contributed by atoms with Gasteiger partial charge in [-0.2, -0.15) is 0 Å². The molecule has 1 aliphatic heterocycles. The maximum Gasteiger partial charge on any atom is 0.194 e. The number of rotatable bonds is 9. The molecule has 194 valence electrons. The Morgan fingerprint density at radius 3 is 2.64 bits per heavy atom. The molecule has 1 saturated heterocycles. The number of ether oxygens (including phenoxy) is 2. The van der Waals surface area contributed by atoms with E-state index in [1.165, 1.54) is 22.6 Å². The highest BCUT2D eigenvalue weighted by Gasteiger charge is 2.48. The normalized spacial score (nSPS) is 24.2. The average molecular weight is 590 g/mol. The topological polar surface area (TPSA) is 115 Å². The van der Waals surface area contributed by atoms with Gasteiger partial charge in [0.1, 0.15) is 35.5 Å². The fraction of sp³-hybridized carbons (Fsp3) is 0.409. The molecule has 0 saturated carbocycles. The third kappa shape index (κ3) is 5.90. The van der Waals surface area contributed by atoms with Gasteiger partial charge in [0.25, 0.3) is 0 Å². The molecular weight excluding hydrogens is 567 g/mol. The summed E-state index contributed by atoms with van der Waals surface area (Å²) in [6, 6.07) is 2.57. The van der Waals surface area contributed by atoms with Gasteiger partial charge in [-0.05, 0) is 41.2 Å². The van der Waals surface area contributed by atoms with Crippen molar-refractivity contribution in [3.8, 4) is 11.3 Å². The molecule has 0 radical (unpaired) electrons. The summed E-state index contributed by atoms with van der Waals surface area (Å²) in [7, 11) is 1.76. The van der Waals surface area contributed by atoms with Gasteiger partial charge in [0, 0.05) is 33.9 Å². The lowest BCUT2D eigenvalue weighted by Crippen LogP contribution is -2.56. The Bertz CT molecular complexity index is 1170. The van der Waals surface area contributed by atoms with E-state index in [0.717, 1.165) is 21.5 Å². The summed E-state index contributed by atoms with van der Waals surface area (Å²) in [6.45, 7) is 0.293. The molecule has 2 unspecified atom stereocenters. The summed E-state index contributed by atoms with van der Waals surface area (Å²) in [5.74, 6) is -4.31. The average Bonchev–Trinajstić information content (AvgIpc) is 3.33. The van der Waals surface area contributed by atoms with Crippen LogP contribution >= 0.6 is 27.7 Å². The van der Waals surface area contributed by atoms with Crippen LogP contribution < -0.4 is 5.32 Å². The summed E-state index contributed by atoms with van der Waals surface area (Å²) < 4.78 is 55.1. The van der Waals surface area contributed by atoms with Crippen LogP contribution in [0.4, 0.5) is 13.2 Å². The van der Waals surface area contributed by atoms with Crippen molar-refractivity contribution in [2.24, 2.45) is 0 Å². The van der Waals surface area contributed by atoms with E-state index in [1.807, 2.05) is 6.07 Å². The number of hydrogen-bond acceptors (Lipinski definition) is 9. The number of benzene rings is 1. The zero-order chi connectivity index (χ0) is 25.8. The molecule has 1 fully saturated rings. The molecule has 14 heteroatoms. The summed E-state index contributed by atoms with van der Waals surface area (Å²) in [4.78, 5) is 4.90. The monoisotopic (exact) mass is 589 g/mol. The summed E-state index contributed by atoms with van der Waals surface area (Å²) in [6.07, 6.45) is 1.62. The fourth-order valence-corrected chi connectivity index (χ4v) is 5.45. The van der Waals surface area contributed by atoms with E-state index in [9.17, 15) is 23.4 Å². The zero-order valence-corrected chi connectivity index (χ0v) is 21.3. The van der Waals surface area contributed by atoms with Gasteiger partial charge >= 0.3 is 0 Å². The van der Waals surface area contributed by atoms with Gasteiger partial charge in [-0.1, -0.05) is 17.0 Å². The number of pyridine rings is 1. The van der Waals surface area contributed by atoms with E-state index >= 15 is 0 Å². The first-order valence-electron chi connectivity index (χ1n) is 10.9. The van der Waals surface area contributed by atoms with Gasteiger partial charge < -0.3 is 25.0 Å². The van der Waals surface area contributed by atoms with E-state index < -0.39 is 53.8 Å². The van der Waals surface area contributed by atoms with Crippen molar-refractivity contribution < 1.29 is 32.9 Å². The molecule has 0 bridgehead atoms. The van der Waals surface area contributed by atoms with Crippen LogP contribution in [0.5, 0.6) is 0 Å². The lowest BCUT2D eigenvalue weighted by molar-refractivity contribution is -0.192. The molecule has 0 amide bonds. The Morgan fingerprint density at radius 2 is 1.97 bits per heavy atom. The predicted octanol–water partition coefficient (Wildman–Crippen LogP) is 2.54. The van der Waals surface area contributed by atoms with Gasteiger partial charge in [0.2, 0.25) is 0 Å². The summed E-state index contributed by atoms with van der Waals surface area (Å²) in [5, 5.41) is 32.0. The first-order valence-corrected chi connectivity index (χ1v) is 12.5. The second-order valence-electron chi connectivity index (χ2n) is 7.94. The van der Waals surface area contributed by atoms with Crippen LogP contribution in [-0.4, -0.2) is 80.7 Å². The molecule has 0 spiro atoms. The predicted molar refractivity (Wildman–Crippen MR) is 128 cm³/mol. The quantitative estimate of drug-likeness (QED) is 0.256. The molecule has 1 aromatic carbocycles. The summed E-state index contributed by atoms with van der Waals surface area (Å²) >= 11 is 4.67. The van der Waals surface area contributed by atoms with Crippen LogP contribution in [0.1, 0.15) is 6.04 Å². The van der Waals surface area contributed by atoms with Gasteiger partial charge in [-0.15, -0.1) is 5.10 Å². The lowest BCUT2D eigenvalue weighted by atomic mass is 9.97. The van der Waals surface area contributed by atoms with Gasteiger partial charge in [0.15, 0.2) is 17.5 Å². The molecular formula is C22H23BrF3N5O4S. The SMILES string of the molecule is CNCCOC1[C@@H](Sc2cncc(Br)c2)OC(CO)[C@H](O)[C@@H]1n1cc(-c2cc(F)c(F)c(F)c2)nn1. The van der Waals surface area contributed by atoms with Gasteiger partial charge in [-0.3, -0.25) is 4.98 Å². The minimum absolute atomic E-state index is 0.0308. The van der Waals surface area contributed by atoms with Crippen molar-refractivity contribution in [2.75, 3.05) is 26.8 Å². The molecule has 9 nitrogen and oxygen atoms in total. The zero-order valence-electron chi connectivity index (χ0n) is 18.9. The van der Waals surface area contributed by atoms with Crippen LogP contribution in [-0.2, 0) is 9.47 Å². The first-order chi connectivity index (χ1) is 17.3. The van der Waals surface area contributed by atoms with Gasteiger partial charge in [0.05, 0.1) is 19.4 Å².